The first-order chi connectivity index (χ1) is 17.4. The Morgan fingerprint density at radius 3 is 2.22 bits per heavy atom. The molecule has 0 radical (unpaired) electrons. The van der Waals surface area contributed by atoms with Crippen LogP contribution in [0.4, 0.5) is 5.69 Å². The van der Waals surface area contributed by atoms with Gasteiger partial charge in [0, 0.05) is 6.26 Å². The molecule has 1 heterocycles. The van der Waals surface area contributed by atoms with E-state index in [1.165, 1.54) is 35.7 Å². The lowest BCUT2D eigenvalue weighted by atomic mass is 10.1. The number of benzene rings is 3. The highest BCUT2D eigenvalue weighted by molar-refractivity contribution is 7.92. The van der Waals surface area contributed by atoms with Crippen molar-refractivity contribution in [3.63, 3.8) is 0 Å². The van der Waals surface area contributed by atoms with Crippen molar-refractivity contribution < 1.29 is 31.1 Å². The van der Waals surface area contributed by atoms with Crippen LogP contribution in [-0.2, 0) is 24.7 Å². The van der Waals surface area contributed by atoms with Crippen molar-refractivity contribution in [3.05, 3.63) is 77.9 Å². The van der Waals surface area contributed by atoms with E-state index in [2.05, 4.69) is 5.32 Å². The summed E-state index contributed by atoms with van der Waals surface area (Å²) in [4.78, 5) is 13.4. The predicted octanol–water partition coefficient (Wildman–Crippen LogP) is 3.24. The molecule has 0 fully saturated rings. The zero-order valence-corrected chi connectivity index (χ0v) is 22.5. The third-order valence-electron chi connectivity index (χ3n) is 6.09. The molecule has 4 rings (SSSR count). The summed E-state index contributed by atoms with van der Waals surface area (Å²) in [6.45, 7) is 3.36. The zero-order chi connectivity index (χ0) is 27.0. The van der Waals surface area contributed by atoms with Crippen molar-refractivity contribution in [2.45, 2.75) is 35.8 Å². The number of fused-ring (bicyclic) bond motifs is 1. The maximum Gasteiger partial charge on any atom is 0.264 e. The van der Waals surface area contributed by atoms with Crippen LogP contribution in [0.1, 0.15) is 24.1 Å². The van der Waals surface area contributed by atoms with Gasteiger partial charge in [0.05, 0.1) is 35.2 Å². The van der Waals surface area contributed by atoms with Gasteiger partial charge in [0.25, 0.3) is 15.9 Å². The van der Waals surface area contributed by atoms with E-state index in [9.17, 15) is 21.6 Å². The Kier molecular flexibility index (Phi) is 7.20. The molecule has 0 bridgehead atoms. The van der Waals surface area contributed by atoms with E-state index < -0.39 is 37.9 Å². The number of amides is 1. The standard InChI is InChI=1S/C26H28N2O7S2/c1-17-5-14-24-23(15-17)28(37(32,33)22-12-8-20(34-3)9-13-22)16-25(35-24)26(29)27-18(2)19-6-10-21(11-7-19)36(4,30)31/h5-15,18,25H,16H2,1-4H3,(H,27,29)/t18-,25-/m0/s1. The lowest BCUT2D eigenvalue weighted by molar-refractivity contribution is -0.128. The van der Waals surface area contributed by atoms with Crippen LogP contribution in [0.5, 0.6) is 11.5 Å². The number of sulfone groups is 1. The van der Waals surface area contributed by atoms with Gasteiger partial charge in [-0.05, 0) is 73.5 Å². The van der Waals surface area contributed by atoms with Crippen molar-refractivity contribution in [3.8, 4) is 11.5 Å². The van der Waals surface area contributed by atoms with Gasteiger partial charge in [-0.2, -0.15) is 0 Å². The Bertz CT molecular complexity index is 1520. The van der Waals surface area contributed by atoms with E-state index in [4.69, 9.17) is 9.47 Å². The van der Waals surface area contributed by atoms with E-state index in [-0.39, 0.29) is 22.1 Å². The second-order valence-corrected chi connectivity index (χ2v) is 12.7. The number of anilines is 1. The van der Waals surface area contributed by atoms with Crippen molar-refractivity contribution in [1.82, 2.24) is 5.32 Å². The smallest absolute Gasteiger partial charge is 0.264 e. The van der Waals surface area contributed by atoms with Crippen molar-refractivity contribution in [2.75, 3.05) is 24.2 Å². The summed E-state index contributed by atoms with van der Waals surface area (Å²) in [5.41, 5.74) is 1.88. The lowest BCUT2D eigenvalue weighted by Crippen LogP contribution is -2.51. The van der Waals surface area contributed by atoms with E-state index >= 15 is 0 Å². The summed E-state index contributed by atoms with van der Waals surface area (Å²) in [6.07, 6.45) is 0.0135. The number of methoxy groups -OCH3 is 1. The van der Waals surface area contributed by atoms with Gasteiger partial charge in [0.15, 0.2) is 15.9 Å². The normalized spacial score (nSPS) is 16.3. The Morgan fingerprint density at radius 1 is 1.00 bits per heavy atom. The molecular weight excluding hydrogens is 516 g/mol. The Hall–Kier alpha value is -3.57. The van der Waals surface area contributed by atoms with Crippen molar-refractivity contribution in [1.29, 1.82) is 0 Å². The van der Waals surface area contributed by atoms with Crippen LogP contribution in [-0.4, -0.2) is 48.8 Å². The summed E-state index contributed by atoms with van der Waals surface area (Å²) in [7, 11) is -5.87. The Labute approximate surface area is 217 Å². The van der Waals surface area contributed by atoms with Crippen LogP contribution in [0.3, 0.4) is 0 Å². The average Bonchev–Trinajstić information content (AvgIpc) is 2.87. The third-order valence-corrected chi connectivity index (χ3v) is 9.01. The van der Waals surface area contributed by atoms with Crippen LogP contribution >= 0.6 is 0 Å². The van der Waals surface area contributed by atoms with Crippen LogP contribution in [0.25, 0.3) is 0 Å². The lowest BCUT2D eigenvalue weighted by Gasteiger charge is -2.35. The first-order valence-corrected chi connectivity index (χ1v) is 14.8. The highest BCUT2D eigenvalue weighted by Gasteiger charge is 2.38. The van der Waals surface area contributed by atoms with E-state index in [0.29, 0.717) is 17.0 Å². The van der Waals surface area contributed by atoms with Gasteiger partial charge in [-0.15, -0.1) is 0 Å². The minimum atomic E-state index is -4.02. The number of sulfonamides is 1. The second-order valence-electron chi connectivity index (χ2n) is 8.86. The van der Waals surface area contributed by atoms with Gasteiger partial charge in [0.2, 0.25) is 0 Å². The highest BCUT2D eigenvalue weighted by Crippen LogP contribution is 2.38. The fourth-order valence-electron chi connectivity index (χ4n) is 3.99. The van der Waals surface area contributed by atoms with Crippen LogP contribution in [0.15, 0.2) is 76.5 Å². The summed E-state index contributed by atoms with van der Waals surface area (Å²) in [5, 5.41) is 2.84. The molecule has 3 aromatic rings. The number of carbonyl (C=O) groups excluding carboxylic acids is 1. The molecule has 0 aromatic heterocycles. The number of nitrogens with one attached hydrogen (secondary N) is 1. The van der Waals surface area contributed by atoms with Crippen LogP contribution in [0.2, 0.25) is 0 Å². The third kappa shape index (κ3) is 5.57. The molecule has 2 atom stereocenters. The average molecular weight is 545 g/mol. The highest BCUT2D eigenvalue weighted by atomic mass is 32.2. The molecule has 9 nitrogen and oxygen atoms in total. The first kappa shape index (κ1) is 26.5. The Morgan fingerprint density at radius 2 is 1.62 bits per heavy atom. The van der Waals surface area contributed by atoms with Gasteiger partial charge in [-0.3, -0.25) is 9.10 Å². The number of ether oxygens (including phenoxy) is 2. The summed E-state index contributed by atoms with van der Waals surface area (Å²) in [6, 6.07) is 16.9. The topological polar surface area (TPSA) is 119 Å². The maximum absolute atomic E-state index is 13.6. The van der Waals surface area contributed by atoms with E-state index in [0.717, 1.165) is 11.8 Å². The molecule has 1 N–H and O–H groups in total. The largest absolute Gasteiger partial charge is 0.497 e. The summed E-state index contributed by atoms with van der Waals surface area (Å²) < 4.78 is 63.0. The van der Waals surface area contributed by atoms with Gasteiger partial charge in [0.1, 0.15) is 11.5 Å². The second kappa shape index (κ2) is 10.1. The fourth-order valence-corrected chi connectivity index (χ4v) is 6.09. The molecule has 3 aromatic carbocycles. The summed E-state index contributed by atoms with van der Waals surface area (Å²) in [5.74, 6) is 0.299. The molecule has 37 heavy (non-hydrogen) atoms. The first-order valence-electron chi connectivity index (χ1n) is 11.4. The number of carbonyl (C=O) groups is 1. The van der Waals surface area contributed by atoms with Gasteiger partial charge in [-0.25, -0.2) is 16.8 Å². The minimum absolute atomic E-state index is 0.0566. The predicted molar refractivity (Wildman–Crippen MR) is 139 cm³/mol. The quantitative estimate of drug-likeness (QED) is 0.485. The molecule has 0 aliphatic carbocycles. The SMILES string of the molecule is COc1ccc(S(=O)(=O)N2C[C@@H](C(=O)N[C@@H](C)c3ccc(S(C)(=O)=O)cc3)Oc3ccc(C)cc32)cc1. The van der Waals surface area contributed by atoms with Crippen LogP contribution in [0, 0.1) is 6.92 Å². The maximum atomic E-state index is 13.6. The molecule has 196 valence electrons. The van der Waals surface area contributed by atoms with Gasteiger partial charge < -0.3 is 14.8 Å². The van der Waals surface area contributed by atoms with Gasteiger partial charge >= 0.3 is 0 Å². The molecule has 0 saturated carbocycles. The fraction of sp³-hybridized carbons (Fsp3) is 0.269. The molecule has 0 saturated heterocycles. The number of hydrogen-bond acceptors (Lipinski definition) is 7. The molecule has 1 aliphatic rings. The zero-order valence-electron chi connectivity index (χ0n) is 20.8. The number of aryl methyl sites for hydroxylation is 1. The molecule has 1 amide bonds. The number of hydrogen-bond donors (Lipinski definition) is 1. The molecule has 11 heteroatoms. The monoisotopic (exact) mass is 544 g/mol. The van der Waals surface area contributed by atoms with E-state index in [1.807, 2.05) is 6.92 Å². The Balaban J connectivity index is 1.60. The van der Waals surface area contributed by atoms with E-state index in [1.54, 1.807) is 49.4 Å². The molecule has 0 spiro atoms. The van der Waals surface area contributed by atoms with Crippen molar-refractivity contribution in [2.24, 2.45) is 0 Å². The molecular formula is C26H28N2O7S2. The number of rotatable bonds is 7. The van der Waals surface area contributed by atoms with Crippen molar-refractivity contribution >= 4 is 31.5 Å². The molecule has 1 aliphatic heterocycles. The summed E-state index contributed by atoms with van der Waals surface area (Å²) >= 11 is 0. The van der Waals surface area contributed by atoms with Crippen LogP contribution < -0.4 is 19.1 Å². The number of nitrogens with zero attached hydrogens (tertiary/aromatic N) is 1. The molecule has 0 unspecified atom stereocenters. The van der Waals surface area contributed by atoms with Gasteiger partial charge in [-0.1, -0.05) is 18.2 Å². The minimum Gasteiger partial charge on any atom is -0.497 e.